The van der Waals surface area contributed by atoms with Gasteiger partial charge in [-0.1, -0.05) is 34.1 Å². The molecule has 116 valence electrons. The molecule has 0 saturated heterocycles. The van der Waals surface area contributed by atoms with Gasteiger partial charge in [-0.3, -0.25) is 4.57 Å². The maximum absolute atomic E-state index is 10.9. The number of aromatic nitrogens is 2. The van der Waals surface area contributed by atoms with Crippen molar-refractivity contribution >= 4 is 33.3 Å². The predicted molar refractivity (Wildman–Crippen MR) is 86.7 cm³/mol. The molecule has 1 heterocycles. The number of hydrogen-bond donors (Lipinski definition) is 1. The first-order chi connectivity index (χ1) is 10.4. The Bertz CT molecular complexity index is 702. The molecule has 0 radical (unpaired) electrons. The molecule has 22 heavy (non-hydrogen) atoms. The van der Waals surface area contributed by atoms with Gasteiger partial charge in [0.05, 0.1) is 6.54 Å². The average molecular weight is 387 g/mol. The van der Waals surface area contributed by atoms with Gasteiger partial charge in [0.2, 0.25) is 0 Å². The molecule has 6 nitrogen and oxygen atoms in total. The highest BCUT2D eigenvalue weighted by atomic mass is 79.9. The Kier molecular flexibility index (Phi) is 5.00. The molecular formula is C14H13BrClN3O3. The predicted octanol–water partition coefficient (Wildman–Crippen LogP) is 3.67. The fourth-order valence-electron chi connectivity index (χ4n) is 2.13. The monoisotopic (exact) mass is 385 g/mol. The fourth-order valence-corrected chi connectivity index (χ4v) is 2.59. The summed E-state index contributed by atoms with van der Waals surface area (Å²) in [6.07, 6.45) is 3.05. The van der Waals surface area contributed by atoms with Crippen molar-refractivity contribution in [3.8, 4) is 0 Å². The van der Waals surface area contributed by atoms with Gasteiger partial charge < -0.3 is 15.2 Å². The number of aliphatic hydroxyl groups is 1. The van der Waals surface area contributed by atoms with Crippen molar-refractivity contribution in [2.45, 2.75) is 18.6 Å². The maximum Gasteiger partial charge on any atom is 0.383 e. The number of imidazole rings is 1. The number of halogens is 2. The van der Waals surface area contributed by atoms with Gasteiger partial charge in [-0.25, -0.2) is 0 Å². The van der Waals surface area contributed by atoms with Crippen LogP contribution in [0.4, 0.5) is 5.82 Å². The Hall–Kier alpha value is -1.70. The molecule has 1 atom stereocenters. The number of rotatable bonds is 6. The van der Waals surface area contributed by atoms with E-state index < -0.39 is 10.5 Å². The first-order valence-electron chi connectivity index (χ1n) is 6.32. The molecule has 8 heteroatoms. The van der Waals surface area contributed by atoms with Crippen LogP contribution in [-0.2, 0) is 12.1 Å². The quantitative estimate of drug-likeness (QED) is 0.466. The number of nitro groups is 1. The highest BCUT2D eigenvalue weighted by Gasteiger charge is 2.31. The van der Waals surface area contributed by atoms with Gasteiger partial charge in [0, 0.05) is 4.47 Å². The Morgan fingerprint density at radius 1 is 1.50 bits per heavy atom. The number of benzene rings is 1. The molecule has 0 amide bonds. The second kappa shape index (κ2) is 6.60. The van der Waals surface area contributed by atoms with Gasteiger partial charge in [0.1, 0.15) is 11.8 Å². The SMILES string of the molecule is C=CCC(O)(Cn1cc([N+](=O)[O-])nc1Cl)c1ccc(Br)cc1. The minimum Gasteiger partial charge on any atom is -0.383 e. The molecule has 2 rings (SSSR count). The normalized spacial score (nSPS) is 13.6. The summed E-state index contributed by atoms with van der Waals surface area (Å²) in [7, 11) is 0. The van der Waals surface area contributed by atoms with E-state index in [1.807, 2.05) is 0 Å². The summed E-state index contributed by atoms with van der Waals surface area (Å²) in [6.45, 7) is 3.68. The van der Waals surface area contributed by atoms with Gasteiger partial charge >= 0.3 is 11.1 Å². The lowest BCUT2D eigenvalue weighted by Crippen LogP contribution is -2.30. The van der Waals surface area contributed by atoms with Gasteiger partial charge in [-0.05, 0) is 45.6 Å². The zero-order chi connectivity index (χ0) is 16.3. The van der Waals surface area contributed by atoms with E-state index in [-0.39, 0.29) is 24.1 Å². The minimum absolute atomic E-state index is 0.0281. The molecule has 0 bridgehead atoms. The maximum atomic E-state index is 10.9. The fraction of sp³-hybridized carbons (Fsp3) is 0.214. The van der Waals surface area contributed by atoms with Gasteiger partial charge in [0.25, 0.3) is 0 Å². The number of hydrogen-bond acceptors (Lipinski definition) is 4. The van der Waals surface area contributed by atoms with Crippen molar-refractivity contribution in [3.63, 3.8) is 0 Å². The first kappa shape index (κ1) is 16.7. The first-order valence-corrected chi connectivity index (χ1v) is 7.49. The molecule has 0 aliphatic heterocycles. The molecule has 0 aliphatic rings. The molecule has 1 aromatic heterocycles. The van der Waals surface area contributed by atoms with Crippen LogP contribution in [0.25, 0.3) is 0 Å². The van der Waals surface area contributed by atoms with Crippen LogP contribution < -0.4 is 0 Å². The van der Waals surface area contributed by atoms with Crippen LogP contribution in [0, 0.1) is 10.1 Å². The standard InChI is InChI=1S/C14H13BrClN3O3/c1-2-7-14(20,10-3-5-11(15)6-4-10)9-18-8-12(19(21)22)17-13(18)16/h2-6,8,20H,1,7,9H2. The molecular weight excluding hydrogens is 374 g/mol. The van der Waals surface area contributed by atoms with Gasteiger partial charge in [-0.2, -0.15) is 0 Å². The minimum atomic E-state index is -1.29. The third kappa shape index (κ3) is 3.55. The average Bonchev–Trinajstić information content (AvgIpc) is 2.81. The van der Waals surface area contributed by atoms with E-state index >= 15 is 0 Å². The van der Waals surface area contributed by atoms with Gasteiger partial charge in [0.15, 0.2) is 0 Å². The smallest absolute Gasteiger partial charge is 0.383 e. The van der Waals surface area contributed by atoms with E-state index in [2.05, 4.69) is 27.5 Å². The van der Waals surface area contributed by atoms with E-state index in [9.17, 15) is 15.2 Å². The van der Waals surface area contributed by atoms with E-state index in [4.69, 9.17) is 11.6 Å². The zero-order valence-electron chi connectivity index (χ0n) is 11.4. The highest BCUT2D eigenvalue weighted by molar-refractivity contribution is 9.10. The lowest BCUT2D eigenvalue weighted by atomic mass is 9.90. The van der Waals surface area contributed by atoms with Crippen LogP contribution in [0.1, 0.15) is 12.0 Å². The molecule has 2 aromatic rings. The van der Waals surface area contributed by atoms with Crippen molar-refractivity contribution < 1.29 is 10.0 Å². The van der Waals surface area contributed by atoms with Crippen LogP contribution in [-0.4, -0.2) is 19.6 Å². The van der Waals surface area contributed by atoms with Crippen molar-refractivity contribution in [1.29, 1.82) is 0 Å². The third-order valence-electron chi connectivity index (χ3n) is 3.20. The third-order valence-corrected chi connectivity index (χ3v) is 4.03. The van der Waals surface area contributed by atoms with Crippen LogP contribution in [0.15, 0.2) is 47.6 Å². The van der Waals surface area contributed by atoms with Crippen LogP contribution >= 0.6 is 27.5 Å². The molecule has 0 saturated carbocycles. The van der Waals surface area contributed by atoms with Gasteiger partial charge in [-0.15, -0.1) is 6.58 Å². The number of nitrogens with zero attached hydrogens (tertiary/aromatic N) is 3. The highest BCUT2D eigenvalue weighted by Crippen LogP contribution is 2.30. The van der Waals surface area contributed by atoms with E-state index in [0.717, 1.165) is 4.47 Å². The van der Waals surface area contributed by atoms with Crippen molar-refractivity contribution in [1.82, 2.24) is 9.55 Å². The van der Waals surface area contributed by atoms with Crippen molar-refractivity contribution in [3.05, 3.63) is 68.6 Å². The Morgan fingerprint density at radius 2 is 2.14 bits per heavy atom. The Balaban J connectivity index is 2.37. The summed E-state index contributed by atoms with van der Waals surface area (Å²) in [5.41, 5.74) is -0.635. The summed E-state index contributed by atoms with van der Waals surface area (Å²) < 4.78 is 2.24. The second-order valence-corrected chi connectivity index (χ2v) is 6.04. The Labute approximate surface area is 140 Å². The summed E-state index contributed by atoms with van der Waals surface area (Å²) >= 11 is 9.25. The van der Waals surface area contributed by atoms with E-state index in [1.165, 1.54) is 10.8 Å². The second-order valence-electron chi connectivity index (χ2n) is 4.78. The summed E-state index contributed by atoms with van der Waals surface area (Å²) in [5, 5.41) is 21.6. The van der Waals surface area contributed by atoms with Crippen molar-refractivity contribution in [2.24, 2.45) is 0 Å². The molecule has 0 aliphatic carbocycles. The van der Waals surface area contributed by atoms with Crippen molar-refractivity contribution in [2.75, 3.05) is 0 Å². The van der Waals surface area contributed by atoms with E-state index in [0.29, 0.717) is 5.56 Å². The summed E-state index contributed by atoms with van der Waals surface area (Å²) in [4.78, 5) is 13.8. The molecule has 1 N–H and O–H groups in total. The van der Waals surface area contributed by atoms with Crippen LogP contribution in [0.5, 0.6) is 0 Å². The molecule has 1 unspecified atom stereocenters. The Morgan fingerprint density at radius 3 is 2.64 bits per heavy atom. The molecule has 0 spiro atoms. The summed E-state index contributed by atoms with van der Waals surface area (Å²) in [6, 6.07) is 7.16. The topological polar surface area (TPSA) is 81.2 Å². The van der Waals surface area contributed by atoms with E-state index in [1.54, 1.807) is 30.3 Å². The van der Waals surface area contributed by atoms with Crippen LogP contribution in [0.2, 0.25) is 5.28 Å². The lowest BCUT2D eigenvalue weighted by molar-refractivity contribution is -0.389. The zero-order valence-corrected chi connectivity index (χ0v) is 13.8. The lowest BCUT2D eigenvalue weighted by Gasteiger charge is -2.27. The molecule has 0 fully saturated rings. The van der Waals surface area contributed by atoms with Crippen LogP contribution in [0.3, 0.4) is 0 Å². The summed E-state index contributed by atoms with van der Waals surface area (Å²) in [5.74, 6) is -0.359. The largest absolute Gasteiger partial charge is 0.383 e. The molecule has 1 aromatic carbocycles.